The second-order valence-corrected chi connectivity index (χ2v) is 5.84. The van der Waals surface area contributed by atoms with Gasteiger partial charge in [-0.05, 0) is 30.2 Å². The summed E-state index contributed by atoms with van der Waals surface area (Å²) >= 11 is 1.63. The SMILES string of the molecule is COc1ccc(-c2nc3scc(C(C)C)n3c2N)cc1. The molecule has 2 aromatic heterocycles. The van der Waals surface area contributed by atoms with Gasteiger partial charge in [0.05, 0.1) is 7.11 Å². The summed E-state index contributed by atoms with van der Waals surface area (Å²) in [5.74, 6) is 1.95. The standard InChI is InChI=1S/C15H17N3OS/c1-9(2)12-8-20-15-17-13(14(16)18(12)15)10-4-6-11(19-3)7-5-10/h4-9H,16H2,1-3H3. The fraction of sp³-hybridized carbons (Fsp3) is 0.267. The highest BCUT2D eigenvalue weighted by atomic mass is 32.1. The first-order chi connectivity index (χ1) is 9.61. The van der Waals surface area contributed by atoms with Crippen LogP contribution >= 0.6 is 11.3 Å². The molecule has 0 spiro atoms. The Morgan fingerprint density at radius 3 is 2.55 bits per heavy atom. The Morgan fingerprint density at radius 2 is 1.95 bits per heavy atom. The number of hydrogen-bond donors (Lipinski definition) is 1. The van der Waals surface area contributed by atoms with Crippen molar-refractivity contribution in [3.8, 4) is 17.0 Å². The fourth-order valence-electron chi connectivity index (χ4n) is 2.26. The Labute approximate surface area is 121 Å². The van der Waals surface area contributed by atoms with Gasteiger partial charge in [0.25, 0.3) is 0 Å². The summed E-state index contributed by atoms with van der Waals surface area (Å²) in [5.41, 5.74) is 9.35. The zero-order valence-electron chi connectivity index (χ0n) is 11.8. The molecule has 0 aliphatic heterocycles. The summed E-state index contributed by atoms with van der Waals surface area (Å²) < 4.78 is 7.23. The van der Waals surface area contributed by atoms with E-state index in [1.54, 1.807) is 18.4 Å². The van der Waals surface area contributed by atoms with Crippen molar-refractivity contribution in [1.82, 2.24) is 9.38 Å². The molecule has 2 heterocycles. The predicted octanol–water partition coefficient (Wildman–Crippen LogP) is 3.78. The van der Waals surface area contributed by atoms with Crippen molar-refractivity contribution in [2.75, 3.05) is 12.8 Å². The first-order valence-corrected chi connectivity index (χ1v) is 7.39. The minimum atomic E-state index is 0.420. The lowest BCUT2D eigenvalue weighted by molar-refractivity contribution is 0.415. The monoisotopic (exact) mass is 287 g/mol. The molecule has 5 heteroatoms. The van der Waals surface area contributed by atoms with Gasteiger partial charge >= 0.3 is 0 Å². The molecule has 3 rings (SSSR count). The van der Waals surface area contributed by atoms with E-state index in [4.69, 9.17) is 10.5 Å². The molecule has 0 amide bonds. The number of aromatic nitrogens is 2. The van der Waals surface area contributed by atoms with E-state index in [1.807, 2.05) is 24.3 Å². The second kappa shape index (κ2) is 4.83. The lowest BCUT2D eigenvalue weighted by Gasteiger charge is -2.05. The van der Waals surface area contributed by atoms with Crippen LogP contribution in [-0.2, 0) is 0 Å². The van der Waals surface area contributed by atoms with Gasteiger partial charge in [0, 0.05) is 16.6 Å². The normalized spacial score (nSPS) is 11.4. The van der Waals surface area contributed by atoms with Gasteiger partial charge in [-0.3, -0.25) is 4.40 Å². The fourth-order valence-corrected chi connectivity index (χ4v) is 3.32. The number of hydrogen-bond acceptors (Lipinski definition) is 4. The van der Waals surface area contributed by atoms with Crippen LogP contribution in [0.5, 0.6) is 5.75 Å². The van der Waals surface area contributed by atoms with E-state index in [1.165, 1.54) is 5.69 Å². The molecule has 0 aliphatic carbocycles. The lowest BCUT2D eigenvalue weighted by Crippen LogP contribution is -1.99. The number of fused-ring (bicyclic) bond motifs is 1. The maximum absolute atomic E-state index is 6.30. The zero-order valence-corrected chi connectivity index (χ0v) is 12.6. The van der Waals surface area contributed by atoms with E-state index in [9.17, 15) is 0 Å². The summed E-state index contributed by atoms with van der Waals surface area (Å²) in [7, 11) is 1.66. The van der Waals surface area contributed by atoms with Crippen LogP contribution < -0.4 is 10.5 Å². The van der Waals surface area contributed by atoms with Gasteiger partial charge in [0.15, 0.2) is 4.96 Å². The highest BCUT2D eigenvalue weighted by Gasteiger charge is 2.17. The number of nitrogens with two attached hydrogens (primary N) is 1. The number of ether oxygens (including phenoxy) is 1. The van der Waals surface area contributed by atoms with E-state index in [2.05, 4.69) is 28.6 Å². The average Bonchev–Trinajstić information content (AvgIpc) is 3.00. The third kappa shape index (κ3) is 1.94. The van der Waals surface area contributed by atoms with Crippen molar-refractivity contribution in [2.45, 2.75) is 19.8 Å². The van der Waals surface area contributed by atoms with Gasteiger partial charge in [0.1, 0.15) is 17.3 Å². The molecule has 0 saturated carbocycles. The van der Waals surface area contributed by atoms with Crippen LogP contribution in [0.4, 0.5) is 5.82 Å². The highest BCUT2D eigenvalue weighted by molar-refractivity contribution is 7.15. The average molecular weight is 287 g/mol. The van der Waals surface area contributed by atoms with Crippen molar-refractivity contribution in [3.63, 3.8) is 0 Å². The predicted molar refractivity (Wildman–Crippen MR) is 83.6 cm³/mol. The smallest absolute Gasteiger partial charge is 0.196 e. The number of benzene rings is 1. The summed E-state index contributed by atoms with van der Waals surface area (Å²) in [6, 6.07) is 7.81. The molecule has 3 aromatic rings. The minimum Gasteiger partial charge on any atom is -0.497 e. The number of thiazole rings is 1. The Bertz CT molecular complexity index is 740. The van der Waals surface area contributed by atoms with E-state index in [-0.39, 0.29) is 0 Å². The highest BCUT2D eigenvalue weighted by Crippen LogP contribution is 2.33. The van der Waals surface area contributed by atoms with Crippen molar-refractivity contribution >= 4 is 22.1 Å². The number of nitrogen functional groups attached to an aromatic ring is 1. The van der Waals surface area contributed by atoms with Crippen LogP contribution in [-0.4, -0.2) is 16.5 Å². The Hall–Kier alpha value is -2.01. The van der Waals surface area contributed by atoms with Crippen LogP contribution in [0.15, 0.2) is 29.6 Å². The van der Waals surface area contributed by atoms with Crippen LogP contribution in [0.3, 0.4) is 0 Å². The summed E-state index contributed by atoms with van der Waals surface area (Å²) in [4.78, 5) is 5.60. The molecular weight excluding hydrogens is 270 g/mol. The Balaban J connectivity index is 2.14. The molecule has 104 valence electrons. The van der Waals surface area contributed by atoms with Gasteiger partial charge in [0.2, 0.25) is 0 Å². The van der Waals surface area contributed by atoms with Crippen molar-refractivity contribution < 1.29 is 4.74 Å². The summed E-state index contributed by atoms with van der Waals surface area (Å²) in [5, 5.41) is 2.13. The molecule has 20 heavy (non-hydrogen) atoms. The van der Waals surface area contributed by atoms with Crippen LogP contribution in [0, 0.1) is 0 Å². The van der Waals surface area contributed by atoms with Crippen molar-refractivity contribution in [1.29, 1.82) is 0 Å². The quantitative estimate of drug-likeness (QED) is 0.797. The van der Waals surface area contributed by atoms with E-state index >= 15 is 0 Å². The lowest BCUT2D eigenvalue weighted by atomic mass is 10.1. The summed E-state index contributed by atoms with van der Waals surface area (Å²) in [6.07, 6.45) is 0. The van der Waals surface area contributed by atoms with Gasteiger partial charge in [-0.1, -0.05) is 13.8 Å². The van der Waals surface area contributed by atoms with Crippen LogP contribution in [0.2, 0.25) is 0 Å². The molecule has 0 saturated heterocycles. The topological polar surface area (TPSA) is 52.5 Å². The summed E-state index contributed by atoms with van der Waals surface area (Å²) in [6.45, 7) is 4.32. The minimum absolute atomic E-state index is 0.420. The Kier molecular flexibility index (Phi) is 3.14. The molecule has 0 unspecified atom stereocenters. The van der Waals surface area contributed by atoms with Crippen LogP contribution in [0.25, 0.3) is 16.2 Å². The van der Waals surface area contributed by atoms with Crippen LogP contribution in [0.1, 0.15) is 25.5 Å². The first-order valence-electron chi connectivity index (χ1n) is 6.51. The maximum Gasteiger partial charge on any atom is 0.196 e. The Morgan fingerprint density at radius 1 is 1.25 bits per heavy atom. The number of rotatable bonds is 3. The second-order valence-electron chi connectivity index (χ2n) is 5.01. The van der Waals surface area contributed by atoms with Gasteiger partial charge in [-0.15, -0.1) is 11.3 Å². The van der Waals surface area contributed by atoms with Gasteiger partial charge in [-0.25, -0.2) is 4.98 Å². The number of nitrogens with zero attached hydrogens (tertiary/aromatic N) is 2. The van der Waals surface area contributed by atoms with Crippen molar-refractivity contribution in [2.24, 2.45) is 0 Å². The first kappa shape index (κ1) is 13.0. The number of methoxy groups -OCH3 is 1. The molecule has 0 bridgehead atoms. The third-order valence-electron chi connectivity index (χ3n) is 3.38. The molecule has 4 nitrogen and oxygen atoms in total. The van der Waals surface area contributed by atoms with Crippen molar-refractivity contribution in [3.05, 3.63) is 35.3 Å². The molecule has 0 fully saturated rings. The molecular formula is C15H17N3OS. The molecule has 0 radical (unpaired) electrons. The maximum atomic E-state index is 6.30. The largest absolute Gasteiger partial charge is 0.497 e. The molecule has 1 aromatic carbocycles. The third-order valence-corrected chi connectivity index (χ3v) is 4.22. The number of imidazole rings is 1. The zero-order chi connectivity index (χ0) is 14.3. The van der Waals surface area contributed by atoms with Gasteiger partial charge < -0.3 is 10.5 Å². The molecule has 0 aliphatic rings. The molecule has 2 N–H and O–H groups in total. The molecule has 0 atom stereocenters. The van der Waals surface area contributed by atoms with E-state index in [0.717, 1.165) is 22.0 Å². The van der Waals surface area contributed by atoms with E-state index < -0.39 is 0 Å². The van der Waals surface area contributed by atoms with E-state index in [0.29, 0.717) is 11.7 Å². The van der Waals surface area contributed by atoms with Gasteiger partial charge in [-0.2, -0.15) is 0 Å². The number of anilines is 1.